The number of imidazole rings is 1. The lowest BCUT2D eigenvalue weighted by molar-refractivity contribution is 0.417. The Morgan fingerprint density at radius 1 is 1.35 bits per heavy atom. The summed E-state index contributed by atoms with van der Waals surface area (Å²) < 4.78 is 2.16. The van der Waals surface area contributed by atoms with Crippen LogP contribution in [0.4, 0.5) is 0 Å². The third kappa shape index (κ3) is 6.72. The van der Waals surface area contributed by atoms with Gasteiger partial charge in [0.2, 0.25) is 0 Å². The summed E-state index contributed by atoms with van der Waals surface area (Å²) in [5.41, 5.74) is 0.969. The summed E-state index contributed by atoms with van der Waals surface area (Å²) in [6.45, 7) is 9.26. The molecule has 0 aliphatic rings. The summed E-state index contributed by atoms with van der Waals surface area (Å²) >= 11 is 0. The second kappa shape index (κ2) is 8.76. The summed E-state index contributed by atoms with van der Waals surface area (Å²) in [6.07, 6.45) is 9.39. The van der Waals surface area contributed by atoms with Crippen molar-refractivity contribution in [1.82, 2.24) is 14.9 Å². The molecule has 1 rings (SSSR count). The number of unbranched alkanes of at least 4 members (excludes halogenated alkanes) is 1. The molecule has 0 atom stereocenters. The molecule has 0 fully saturated rings. The van der Waals surface area contributed by atoms with Crippen molar-refractivity contribution in [3.8, 4) is 6.07 Å². The molecule has 0 saturated heterocycles. The Morgan fingerprint density at radius 3 is 2.85 bits per heavy atom. The molecule has 0 spiro atoms. The SMILES string of the molecule is CCCNCCc1cn(CCCCC(C)(C)C#N)cn1. The van der Waals surface area contributed by atoms with Gasteiger partial charge in [0, 0.05) is 25.7 Å². The van der Waals surface area contributed by atoms with Crippen molar-refractivity contribution < 1.29 is 0 Å². The Bertz CT molecular complexity index is 414. The molecule has 1 heterocycles. The molecule has 1 aromatic heterocycles. The summed E-state index contributed by atoms with van der Waals surface area (Å²) in [5.74, 6) is 0. The second-order valence-corrected chi connectivity index (χ2v) is 6.06. The number of nitrogens with one attached hydrogen (secondary N) is 1. The first-order valence-corrected chi connectivity index (χ1v) is 7.70. The molecule has 0 amide bonds. The predicted molar refractivity (Wildman–Crippen MR) is 82.3 cm³/mol. The van der Waals surface area contributed by atoms with Crippen LogP contribution in [0.3, 0.4) is 0 Å². The van der Waals surface area contributed by atoms with Gasteiger partial charge in [0.05, 0.1) is 23.5 Å². The maximum Gasteiger partial charge on any atom is 0.0949 e. The molecule has 0 unspecified atom stereocenters. The van der Waals surface area contributed by atoms with Crippen LogP contribution >= 0.6 is 0 Å². The van der Waals surface area contributed by atoms with Gasteiger partial charge in [0.1, 0.15) is 0 Å². The molecular weight excluding hydrogens is 248 g/mol. The summed E-state index contributed by atoms with van der Waals surface area (Å²) in [5, 5.41) is 12.4. The van der Waals surface area contributed by atoms with E-state index in [9.17, 15) is 0 Å². The Morgan fingerprint density at radius 2 is 2.15 bits per heavy atom. The fourth-order valence-corrected chi connectivity index (χ4v) is 2.09. The molecule has 0 aliphatic heterocycles. The second-order valence-electron chi connectivity index (χ2n) is 6.06. The first kappa shape index (κ1) is 16.7. The van der Waals surface area contributed by atoms with Crippen LogP contribution in [0, 0.1) is 16.7 Å². The highest BCUT2D eigenvalue weighted by Gasteiger charge is 2.15. The van der Waals surface area contributed by atoms with E-state index in [0.29, 0.717) is 0 Å². The minimum Gasteiger partial charge on any atom is -0.337 e. The van der Waals surface area contributed by atoms with Crippen molar-refractivity contribution in [3.05, 3.63) is 18.2 Å². The van der Waals surface area contributed by atoms with Crippen LogP contribution in [0.5, 0.6) is 0 Å². The highest BCUT2D eigenvalue weighted by molar-refractivity contribution is 4.97. The van der Waals surface area contributed by atoms with E-state index in [0.717, 1.165) is 51.0 Å². The van der Waals surface area contributed by atoms with Crippen molar-refractivity contribution >= 4 is 0 Å². The third-order valence-electron chi connectivity index (χ3n) is 3.44. The Hall–Kier alpha value is -1.34. The fourth-order valence-electron chi connectivity index (χ4n) is 2.09. The highest BCUT2D eigenvalue weighted by atomic mass is 15.0. The first-order valence-electron chi connectivity index (χ1n) is 7.70. The summed E-state index contributed by atoms with van der Waals surface area (Å²) in [7, 11) is 0. The lowest BCUT2D eigenvalue weighted by Crippen LogP contribution is -2.17. The van der Waals surface area contributed by atoms with Crippen molar-refractivity contribution in [2.24, 2.45) is 5.41 Å². The number of aromatic nitrogens is 2. The quantitative estimate of drug-likeness (QED) is 0.668. The van der Waals surface area contributed by atoms with E-state index >= 15 is 0 Å². The van der Waals surface area contributed by atoms with Crippen LogP contribution in [0.1, 0.15) is 52.1 Å². The standard InChI is InChI=1S/C16H28N4/c1-4-9-18-10-7-15-12-20(14-19-15)11-6-5-8-16(2,3)13-17/h12,14,18H,4-11H2,1-3H3. The van der Waals surface area contributed by atoms with E-state index < -0.39 is 0 Å². The van der Waals surface area contributed by atoms with Gasteiger partial charge in [-0.2, -0.15) is 5.26 Å². The minimum absolute atomic E-state index is 0.189. The van der Waals surface area contributed by atoms with E-state index in [4.69, 9.17) is 5.26 Å². The number of nitrogens with zero attached hydrogens (tertiary/aromatic N) is 3. The van der Waals surface area contributed by atoms with E-state index in [2.05, 4.69) is 34.1 Å². The molecule has 0 bridgehead atoms. The van der Waals surface area contributed by atoms with Gasteiger partial charge in [-0.25, -0.2) is 4.98 Å². The number of rotatable bonds is 10. The van der Waals surface area contributed by atoms with Crippen molar-refractivity contribution in [3.63, 3.8) is 0 Å². The van der Waals surface area contributed by atoms with Gasteiger partial charge in [-0.3, -0.25) is 0 Å². The fraction of sp³-hybridized carbons (Fsp3) is 0.750. The normalized spacial score (nSPS) is 11.5. The lowest BCUT2D eigenvalue weighted by Gasteiger charge is -2.14. The predicted octanol–water partition coefficient (Wildman–Crippen LogP) is 3.15. The van der Waals surface area contributed by atoms with Gasteiger partial charge in [-0.15, -0.1) is 0 Å². The zero-order chi connectivity index (χ0) is 14.8. The molecular formula is C16H28N4. The number of hydrogen-bond acceptors (Lipinski definition) is 3. The zero-order valence-corrected chi connectivity index (χ0v) is 13.2. The van der Waals surface area contributed by atoms with E-state index in [-0.39, 0.29) is 5.41 Å². The molecule has 0 aromatic carbocycles. The minimum atomic E-state index is -0.189. The van der Waals surface area contributed by atoms with E-state index in [1.807, 2.05) is 20.2 Å². The van der Waals surface area contributed by atoms with E-state index in [1.165, 1.54) is 6.42 Å². The van der Waals surface area contributed by atoms with Gasteiger partial charge in [-0.1, -0.05) is 13.3 Å². The third-order valence-corrected chi connectivity index (χ3v) is 3.44. The molecule has 4 heteroatoms. The number of aryl methyl sites for hydroxylation is 1. The molecule has 1 N–H and O–H groups in total. The Kier molecular flexibility index (Phi) is 7.32. The highest BCUT2D eigenvalue weighted by Crippen LogP contribution is 2.21. The monoisotopic (exact) mass is 276 g/mol. The van der Waals surface area contributed by atoms with Crippen molar-refractivity contribution in [2.45, 2.75) is 59.4 Å². The molecule has 0 saturated carbocycles. The maximum atomic E-state index is 8.96. The van der Waals surface area contributed by atoms with Crippen LogP contribution in [-0.2, 0) is 13.0 Å². The van der Waals surface area contributed by atoms with Crippen molar-refractivity contribution in [2.75, 3.05) is 13.1 Å². The van der Waals surface area contributed by atoms with Crippen molar-refractivity contribution in [1.29, 1.82) is 5.26 Å². The van der Waals surface area contributed by atoms with Crippen LogP contribution in [0.2, 0.25) is 0 Å². The largest absolute Gasteiger partial charge is 0.337 e. The van der Waals surface area contributed by atoms with Crippen LogP contribution in [0.15, 0.2) is 12.5 Å². The van der Waals surface area contributed by atoms with Crippen LogP contribution in [0.25, 0.3) is 0 Å². The lowest BCUT2D eigenvalue weighted by atomic mass is 9.89. The van der Waals surface area contributed by atoms with Gasteiger partial charge in [0.25, 0.3) is 0 Å². The summed E-state index contributed by atoms with van der Waals surface area (Å²) in [6, 6.07) is 2.35. The smallest absolute Gasteiger partial charge is 0.0949 e. The molecule has 1 aromatic rings. The topological polar surface area (TPSA) is 53.6 Å². The van der Waals surface area contributed by atoms with Crippen LogP contribution < -0.4 is 5.32 Å². The first-order chi connectivity index (χ1) is 9.57. The molecule has 0 radical (unpaired) electrons. The number of hydrogen-bond donors (Lipinski definition) is 1. The molecule has 0 aliphatic carbocycles. The van der Waals surface area contributed by atoms with Gasteiger partial charge in [-0.05, 0) is 39.7 Å². The van der Waals surface area contributed by atoms with Gasteiger partial charge < -0.3 is 9.88 Å². The summed E-state index contributed by atoms with van der Waals surface area (Å²) in [4.78, 5) is 4.43. The Labute approximate surface area is 123 Å². The van der Waals surface area contributed by atoms with Crippen LogP contribution in [-0.4, -0.2) is 22.6 Å². The molecule has 20 heavy (non-hydrogen) atoms. The Balaban J connectivity index is 2.19. The van der Waals surface area contributed by atoms with Gasteiger partial charge >= 0.3 is 0 Å². The van der Waals surface area contributed by atoms with E-state index in [1.54, 1.807) is 0 Å². The molecule has 4 nitrogen and oxygen atoms in total. The zero-order valence-electron chi connectivity index (χ0n) is 13.2. The average Bonchev–Trinajstić information content (AvgIpc) is 2.88. The average molecular weight is 276 g/mol. The molecule has 112 valence electrons. The number of nitriles is 1. The maximum absolute atomic E-state index is 8.96. The van der Waals surface area contributed by atoms with Gasteiger partial charge in [0.15, 0.2) is 0 Å².